The van der Waals surface area contributed by atoms with Gasteiger partial charge in [-0.1, -0.05) is 35.9 Å². The van der Waals surface area contributed by atoms with E-state index in [9.17, 15) is 0 Å². The first-order chi connectivity index (χ1) is 12.7. The van der Waals surface area contributed by atoms with Gasteiger partial charge in [0.15, 0.2) is 11.5 Å². The Morgan fingerprint density at radius 2 is 1.77 bits per heavy atom. The first kappa shape index (κ1) is 20.3. The number of benzene rings is 2. The van der Waals surface area contributed by atoms with Crippen LogP contribution in [-0.2, 0) is 17.9 Å². The lowest BCUT2D eigenvalue weighted by molar-refractivity contribution is 0.144. The molecule has 0 fully saturated rings. The number of hydrogen-bond acceptors (Lipinski definition) is 4. The van der Waals surface area contributed by atoms with E-state index in [-0.39, 0.29) is 0 Å². The van der Waals surface area contributed by atoms with Gasteiger partial charge in [0.05, 0.1) is 6.61 Å². The molecule has 2 aromatic carbocycles. The molecule has 0 aliphatic carbocycles. The van der Waals surface area contributed by atoms with E-state index in [1.54, 1.807) is 0 Å². The van der Waals surface area contributed by atoms with Crippen molar-refractivity contribution in [2.45, 2.75) is 40.3 Å². The van der Waals surface area contributed by atoms with E-state index in [2.05, 4.69) is 48.6 Å². The van der Waals surface area contributed by atoms with Crippen molar-refractivity contribution in [2.75, 3.05) is 26.4 Å². The monoisotopic (exact) mass is 357 g/mol. The highest BCUT2D eigenvalue weighted by Gasteiger charge is 2.07. The van der Waals surface area contributed by atoms with E-state index in [0.717, 1.165) is 49.8 Å². The predicted molar refractivity (Wildman–Crippen MR) is 106 cm³/mol. The van der Waals surface area contributed by atoms with E-state index in [1.807, 2.05) is 19.9 Å². The Kier molecular flexibility index (Phi) is 9.01. The molecule has 0 saturated carbocycles. The van der Waals surface area contributed by atoms with Crippen molar-refractivity contribution in [1.82, 2.24) is 5.32 Å². The first-order valence-corrected chi connectivity index (χ1v) is 9.45. The van der Waals surface area contributed by atoms with Crippen LogP contribution in [0.3, 0.4) is 0 Å². The van der Waals surface area contributed by atoms with E-state index in [1.165, 1.54) is 11.1 Å². The first-order valence-electron chi connectivity index (χ1n) is 9.45. The van der Waals surface area contributed by atoms with Gasteiger partial charge in [-0.05, 0) is 57.0 Å². The largest absolute Gasteiger partial charge is 0.490 e. The summed E-state index contributed by atoms with van der Waals surface area (Å²) in [6.45, 7) is 10.6. The van der Waals surface area contributed by atoms with Crippen molar-refractivity contribution >= 4 is 0 Å². The topological polar surface area (TPSA) is 39.7 Å². The highest BCUT2D eigenvalue weighted by molar-refractivity contribution is 5.43. The Balaban J connectivity index is 1.90. The molecule has 0 unspecified atom stereocenters. The molecular formula is C22H31NO3. The van der Waals surface area contributed by atoms with Gasteiger partial charge in [-0.3, -0.25) is 0 Å². The molecule has 0 atom stereocenters. The zero-order valence-corrected chi connectivity index (χ0v) is 16.2. The van der Waals surface area contributed by atoms with Crippen LogP contribution in [0.2, 0.25) is 0 Å². The van der Waals surface area contributed by atoms with Crippen LogP contribution in [0.4, 0.5) is 0 Å². The van der Waals surface area contributed by atoms with Gasteiger partial charge >= 0.3 is 0 Å². The fourth-order valence-corrected chi connectivity index (χ4v) is 2.69. The summed E-state index contributed by atoms with van der Waals surface area (Å²) in [6.07, 6.45) is 1.02. The van der Waals surface area contributed by atoms with Crippen molar-refractivity contribution in [3.63, 3.8) is 0 Å². The molecule has 0 aliphatic rings. The number of hydrogen-bond donors (Lipinski definition) is 1. The van der Waals surface area contributed by atoms with Crippen LogP contribution in [0.25, 0.3) is 0 Å². The molecule has 0 saturated heterocycles. The molecule has 0 heterocycles. The van der Waals surface area contributed by atoms with E-state index < -0.39 is 0 Å². The highest BCUT2D eigenvalue weighted by atomic mass is 16.5. The zero-order valence-electron chi connectivity index (χ0n) is 16.2. The van der Waals surface area contributed by atoms with Crippen molar-refractivity contribution in [3.05, 3.63) is 59.2 Å². The molecule has 0 aliphatic heterocycles. The Hall–Kier alpha value is -2.04. The van der Waals surface area contributed by atoms with Gasteiger partial charge in [0.25, 0.3) is 0 Å². The van der Waals surface area contributed by atoms with Gasteiger partial charge in [-0.15, -0.1) is 0 Å². The molecule has 0 aromatic heterocycles. The van der Waals surface area contributed by atoms with E-state index >= 15 is 0 Å². The third kappa shape index (κ3) is 7.06. The molecule has 0 bridgehead atoms. The Labute approximate surface area is 157 Å². The minimum Gasteiger partial charge on any atom is -0.490 e. The summed E-state index contributed by atoms with van der Waals surface area (Å²) in [7, 11) is 0. The fraction of sp³-hybridized carbons (Fsp3) is 0.455. The molecule has 2 aromatic rings. The van der Waals surface area contributed by atoms with Crippen LogP contribution in [-0.4, -0.2) is 26.4 Å². The van der Waals surface area contributed by atoms with Gasteiger partial charge in [0.2, 0.25) is 0 Å². The number of nitrogens with one attached hydrogen (secondary N) is 1. The minimum atomic E-state index is 0.538. The van der Waals surface area contributed by atoms with Crippen LogP contribution in [0.15, 0.2) is 42.5 Å². The van der Waals surface area contributed by atoms with Gasteiger partial charge in [0, 0.05) is 19.8 Å². The highest BCUT2D eigenvalue weighted by Crippen LogP contribution is 2.29. The maximum absolute atomic E-state index is 5.99. The zero-order chi connectivity index (χ0) is 18.6. The molecule has 142 valence electrons. The standard InChI is InChI=1S/C22H31NO3/c1-4-24-13-7-12-23-16-19-10-11-21(22(15-19)25-5-2)26-17-20-9-6-8-18(3)14-20/h6,8-11,14-15,23H,4-5,7,12-13,16-17H2,1-3H3. The second kappa shape index (κ2) is 11.6. The van der Waals surface area contributed by atoms with Gasteiger partial charge in [-0.2, -0.15) is 0 Å². The third-order valence-corrected chi connectivity index (χ3v) is 3.96. The number of aryl methyl sites for hydroxylation is 1. The average molecular weight is 357 g/mol. The second-order valence-electron chi connectivity index (χ2n) is 6.22. The molecule has 2 rings (SSSR count). The number of ether oxygens (including phenoxy) is 3. The summed E-state index contributed by atoms with van der Waals surface area (Å²) >= 11 is 0. The Morgan fingerprint density at radius 1 is 0.885 bits per heavy atom. The second-order valence-corrected chi connectivity index (χ2v) is 6.22. The van der Waals surface area contributed by atoms with Gasteiger partial charge in [-0.25, -0.2) is 0 Å². The summed E-state index contributed by atoms with van der Waals surface area (Å²) in [4.78, 5) is 0. The molecule has 26 heavy (non-hydrogen) atoms. The van der Waals surface area contributed by atoms with Crippen LogP contribution in [0.1, 0.15) is 37.0 Å². The molecule has 4 heteroatoms. The molecule has 0 amide bonds. The predicted octanol–water partition coefficient (Wildman–Crippen LogP) is 4.49. The summed E-state index contributed by atoms with van der Waals surface area (Å²) in [6, 6.07) is 14.5. The van der Waals surface area contributed by atoms with E-state index in [4.69, 9.17) is 14.2 Å². The van der Waals surface area contributed by atoms with Crippen LogP contribution in [0, 0.1) is 6.92 Å². The Bertz CT molecular complexity index is 658. The summed E-state index contributed by atoms with van der Waals surface area (Å²) < 4.78 is 17.1. The maximum Gasteiger partial charge on any atom is 0.161 e. The maximum atomic E-state index is 5.99. The van der Waals surface area contributed by atoms with Crippen LogP contribution >= 0.6 is 0 Å². The Morgan fingerprint density at radius 3 is 2.54 bits per heavy atom. The van der Waals surface area contributed by atoms with Gasteiger partial charge < -0.3 is 19.5 Å². The van der Waals surface area contributed by atoms with Crippen molar-refractivity contribution in [3.8, 4) is 11.5 Å². The summed E-state index contributed by atoms with van der Waals surface area (Å²) in [5, 5.41) is 3.44. The fourth-order valence-electron chi connectivity index (χ4n) is 2.69. The molecular weight excluding hydrogens is 326 g/mol. The van der Waals surface area contributed by atoms with Crippen LogP contribution in [0.5, 0.6) is 11.5 Å². The molecule has 4 nitrogen and oxygen atoms in total. The molecule has 0 spiro atoms. The average Bonchev–Trinajstić information content (AvgIpc) is 2.64. The van der Waals surface area contributed by atoms with Crippen molar-refractivity contribution in [2.24, 2.45) is 0 Å². The molecule has 1 N–H and O–H groups in total. The SMILES string of the molecule is CCOCCCNCc1ccc(OCc2cccc(C)c2)c(OCC)c1. The van der Waals surface area contributed by atoms with E-state index in [0.29, 0.717) is 13.2 Å². The summed E-state index contributed by atoms with van der Waals surface area (Å²) in [5.74, 6) is 1.59. The quantitative estimate of drug-likeness (QED) is 0.568. The van der Waals surface area contributed by atoms with Crippen molar-refractivity contribution in [1.29, 1.82) is 0 Å². The van der Waals surface area contributed by atoms with Gasteiger partial charge in [0.1, 0.15) is 6.61 Å². The minimum absolute atomic E-state index is 0.538. The lowest BCUT2D eigenvalue weighted by Crippen LogP contribution is -2.16. The third-order valence-electron chi connectivity index (χ3n) is 3.96. The van der Waals surface area contributed by atoms with Crippen molar-refractivity contribution < 1.29 is 14.2 Å². The smallest absolute Gasteiger partial charge is 0.161 e. The lowest BCUT2D eigenvalue weighted by Gasteiger charge is -2.14. The van der Waals surface area contributed by atoms with Crippen LogP contribution < -0.4 is 14.8 Å². The summed E-state index contributed by atoms with van der Waals surface area (Å²) in [5.41, 5.74) is 3.59. The molecule has 0 radical (unpaired) electrons. The normalized spacial score (nSPS) is 10.7. The number of rotatable bonds is 12. The lowest BCUT2D eigenvalue weighted by atomic mass is 10.1.